The summed E-state index contributed by atoms with van der Waals surface area (Å²) in [4.78, 5) is 23.8. The molecule has 0 fully saturated rings. The highest BCUT2D eigenvalue weighted by Gasteiger charge is 2.37. The molecule has 0 aliphatic heterocycles. The molecule has 2 aromatic carbocycles. The maximum Gasteiger partial charge on any atom is 0.433 e. The van der Waals surface area contributed by atoms with Crippen LogP contribution in [0.1, 0.15) is 33.6 Å². The summed E-state index contributed by atoms with van der Waals surface area (Å²) in [6, 6.07) is 13.3. The summed E-state index contributed by atoms with van der Waals surface area (Å²) < 4.78 is 75.9. The van der Waals surface area contributed by atoms with Crippen molar-refractivity contribution < 1.29 is 26.3 Å². The van der Waals surface area contributed by atoms with Crippen LogP contribution < -0.4 is 11.1 Å². The lowest BCUT2D eigenvalue weighted by atomic mass is 10.1. The number of aromatic nitrogens is 4. The van der Waals surface area contributed by atoms with Gasteiger partial charge in [-0.05, 0) is 41.6 Å². The molecule has 0 spiro atoms. The monoisotopic (exact) mass is 564 g/mol. The molecule has 0 aliphatic carbocycles. The van der Waals surface area contributed by atoms with Crippen molar-refractivity contribution in [3.05, 3.63) is 108 Å². The van der Waals surface area contributed by atoms with E-state index >= 15 is 0 Å². The van der Waals surface area contributed by atoms with E-state index < -0.39 is 34.9 Å². The molecule has 0 radical (unpaired) electrons. The first-order chi connectivity index (χ1) is 17.3. The SMILES string of the molecule is CSc1ccc(Cc2c(C(F)(F)F)[nH][nH]c2=O)cc1.O=c1[nH][nH]c(C(F)(F)F)c1Cc1ccc(Cl)cc1. The van der Waals surface area contributed by atoms with Gasteiger partial charge in [0.15, 0.2) is 0 Å². The number of aromatic amines is 4. The number of benzene rings is 2. The average Bonchev–Trinajstić information content (AvgIpc) is 3.38. The molecule has 14 heteroatoms. The van der Waals surface area contributed by atoms with Crippen molar-refractivity contribution in [2.75, 3.05) is 6.26 Å². The Hall–Kier alpha value is -3.32. The van der Waals surface area contributed by atoms with Gasteiger partial charge in [-0.3, -0.25) is 30.0 Å². The maximum atomic E-state index is 12.7. The summed E-state index contributed by atoms with van der Waals surface area (Å²) >= 11 is 7.22. The van der Waals surface area contributed by atoms with Crippen molar-refractivity contribution in [2.45, 2.75) is 30.1 Å². The van der Waals surface area contributed by atoms with E-state index in [1.807, 2.05) is 38.8 Å². The highest BCUT2D eigenvalue weighted by Crippen LogP contribution is 2.31. The van der Waals surface area contributed by atoms with Gasteiger partial charge in [0, 0.05) is 22.8 Å². The first-order valence-electron chi connectivity index (χ1n) is 10.4. The van der Waals surface area contributed by atoms with E-state index in [1.54, 1.807) is 48.2 Å². The maximum absolute atomic E-state index is 12.7. The van der Waals surface area contributed by atoms with Crippen LogP contribution in [0.5, 0.6) is 0 Å². The summed E-state index contributed by atoms with van der Waals surface area (Å²) in [6.45, 7) is 0. The van der Waals surface area contributed by atoms with Crippen LogP contribution in [0.4, 0.5) is 26.3 Å². The van der Waals surface area contributed by atoms with Gasteiger partial charge in [-0.2, -0.15) is 26.3 Å². The minimum atomic E-state index is -4.58. The van der Waals surface area contributed by atoms with Crippen molar-refractivity contribution in [2.24, 2.45) is 0 Å². The fourth-order valence-corrected chi connectivity index (χ4v) is 3.88. The first-order valence-corrected chi connectivity index (χ1v) is 12.0. The van der Waals surface area contributed by atoms with E-state index in [9.17, 15) is 35.9 Å². The molecule has 2 heterocycles. The summed E-state index contributed by atoms with van der Waals surface area (Å²) in [5.41, 5.74) is -2.93. The Balaban J connectivity index is 0.000000206. The Morgan fingerprint density at radius 1 is 0.676 bits per heavy atom. The predicted octanol–water partition coefficient (Wildman–Crippen LogP) is 6.00. The quantitative estimate of drug-likeness (QED) is 0.177. The van der Waals surface area contributed by atoms with Gasteiger partial charge in [-0.25, -0.2) is 0 Å². The van der Waals surface area contributed by atoms with Crippen LogP contribution in [-0.2, 0) is 25.2 Å². The molecule has 0 bridgehead atoms. The molecule has 198 valence electrons. The van der Waals surface area contributed by atoms with Gasteiger partial charge in [-0.1, -0.05) is 35.9 Å². The standard InChI is InChI=1S/C12H11F3N2OS.C11H8ClF3N2O/c1-19-8-4-2-7(3-5-8)6-9-10(12(13,14)15)16-17-11(9)18;12-7-3-1-6(2-4-7)5-8-9(11(13,14)15)16-17-10(8)18/h2-5H,6H2,1H3,(H2,16,17,18);1-4H,5H2,(H2,16,17,18). The van der Waals surface area contributed by atoms with Gasteiger partial charge in [0.05, 0.1) is 11.1 Å². The largest absolute Gasteiger partial charge is 0.433 e. The Morgan fingerprint density at radius 3 is 1.41 bits per heavy atom. The van der Waals surface area contributed by atoms with Crippen molar-refractivity contribution in [3.63, 3.8) is 0 Å². The number of hydrogen-bond acceptors (Lipinski definition) is 3. The van der Waals surface area contributed by atoms with Gasteiger partial charge in [-0.15, -0.1) is 11.8 Å². The van der Waals surface area contributed by atoms with Gasteiger partial charge in [0.25, 0.3) is 11.1 Å². The highest BCUT2D eigenvalue weighted by molar-refractivity contribution is 7.98. The molecule has 4 rings (SSSR count). The molecular formula is C23H19ClF6N4O2S. The van der Waals surface area contributed by atoms with Gasteiger partial charge in [0.2, 0.25) is 0 Å². The zero-order valence-corrected chi connectivity index (χ0v) is 20.5. The molecule has 4 N–H and O–H groups in total. The van der Waals surface area contributed by atoms with Crippen LogP contribution in [0.25, 0.3) is 0 Å². The molecule has 0 saturated heterocycles. The van der Waals surface area contributed by atoms with E-state index in [0.29, 0.717) is 16.1 Å². The Morgan fingerprint density at radius 2 is 1.05 bits per heavy atom. The highest BCUT2D eigenvalue weighted by atomic mass is 35.5. The van der Waals surface area contributed by atoms with Crippen LogP contribution >= 0.6 is 23.4 Å². The predicted molar refractivity (Wildman–Crippen MR) is 128 cm³/mol. The van der Waals surface area contributed by atoms with Crippen molar-refractivity contribution in [1.82, 2.24) is 20.4 Å². The summed E-state index contributed by atoms with van der Waals surface area (Å²) in [5, 5.41) is 8.16. The number of halogens is 7. The number of rotatable bonds is 5. The van der Waals surface area contributed by atoms with E-state index in [4.69, 9.17) is 11.6 Å². The van der Waals surface area contributed by atoms with Crippen LogP contribution in [-0.4, -0.2) is 26.7 Å². The molecule has 37 heavy (non-hydrogen) atoms. The number of hydrogen-bond donors (Lipinski definition) is 4. The lowest BCUT2D eigenvalue weighted by molar-refractivity contribution is -0.142. The Bertz CT molecular complexity index is 1430. The lowest BCUT2D eigenvalue weighted by Gasteiger charge is -2.06. The van der Waals surface area contributed by atoms with E-state index in [2.05, 4.69) is 0 Å². The Labute approximate surface area is 214 Å². The van der Waals surface area contributed by atoms with E-state index in [0.717, 1.165) is 4.90 Å². The summed E-state index contributed by atoms with van der Waals surface area (Å²) in [6.07, 6.45) is -7.39. The zero-order chi connectivity index (χ0) is 27.4. The molecule has 0 saturated carbocycles. The normalized spacial score (nSPS) is 11.8. The number of thioether (sulfide) groups is 1. The molecule has 0 atom stereocenters. The van der Waals surface area contributed by atoms with E-state index in [-0.39, 0.29) is 24.0 Å². The number of alkyl halides is 6. The molecule has 2 aromatic heterocycles. The second-order valence-corrected chi connectivity index (χ2v) is 9.01. The average molecular weight is 565 g/mol. The zero-order valence-electron chi connectivity index (χ0n) is 18.9. The minimum Gasteiger partial charge on any atom is -0.293 e. The van der Waals surface area contributed by atoms with Crippen LogP contribution in [0.3, 0.4) is 0 Å². The fourth-order valence-electron chi connectivity index (χ4n) is 3.34. The summed E-state index contributed by atoms with van der Waals surface area (Å²) in [5.74, 6) is 0. The van der Waals surface area contributed by atoms with Crippen molar-refractivity contribution >= 4 is 23.4 Å². The van der Waals surface area contributed by atoms with Gasteiger partial charge in [0.1, 0.15) is 11.4 Å². The van der Waals surface area contributed by atoms with Crippen LogP contribution in [0.2, 0.25) is 5.02 Å². The molecular weight excluding hydrogens is 546 g/mol. The van der Waals surface area contributed by atoms with Gasteiger partial charge >= 0.3 is 12.4 Å². The molecule has 4 aromatic rings. The minimum absolute atomic E-state index is 0.0532. The first kappa shape index (κ1) is 28.3. The lowest BCUT2D eigenvalue weighted by Crippen LogP contribution is -2.13. The third-order valence-corrected chi connectivity index (χ3v) is 6.15. The number of H-pyrrole nitrogens is 4. The Kier molecular flexibility index (Phi) is 8.69. The number of nitrogens with one attached hydrogen (secondary N) is 4. The topological polar surface area (TPSA) is 97.3 Å². The van der Waals surface area contributed by atoms with E-state index in [1.165, 1.54) is 0 Å². The fraction of sp³-hybridized carbons (Fsp3) is 0.217. The smallest absolute Gasteiger partial charge is 0.293 e. The third kappa shape index (κ3) is 7.35. The van der Waals surface area contributed by atoms with Gasteiger partial charge < -0.3 is 0 Å². The van der Waals surface area contributed by atoms with Crippen LogP contribution in [0.15, 0.2) is 63.0 Å². The van der Waals surface area contributed by atoms with Crippen molar-refractivity contribution in [1.29, 1.82) is 0 Å². The molecule has 0 aliphatic rings. The molecule has 6 nitrogen and oxygen atoms in total. The summed E-state index contributed by atoms with van der Waals surface area (Å²) in [7, 11) is 0. The molecule has 0 amide bonds. The van der Waals surface area contributed by atoms with Crippen molar-refractivity contribution in [3.8, 4) is 0 Å². The third-order valence-electron chi connectivity index (χ3n) is 5.15. The molecule has 0 unspecified atom stereocenters. The second-order valence-electron chi connectivity index (χ2n) is 7.69. The second kappa shape index (κ2) is 11.4. The van der Waals surface area contributed by atoms with Crippen LogP contribution in [0, 0.1) is 0 Å².